The normalized spacial score (nSPS) is 10.7. The average Bonchev–Trinajstić information content (AvgIpc) is 2.34. The van der Waals surface area contributed by atoms with E-state index < -0.39 is 0 Å². The van der Waals surface area contributed by atoms with Crippen molar-refractivity contribution in [1.29, 1.82) is 0 Å². The first-order valence-corrected chi connectivity index (χ1v) is 3.75. The Morgan fingerprint density at radius 2 is 2.36 bits per heavy atom. The summed E-state index contributed by atoms with van der Waals surface area (Å²) in [5.74, 6) is 0. The molecule has 0 aliphatic heterocycles. The minimum Gasteiger partial charge on any atom is -0.292 e. The number of aromatic nitrogens is 2. The van der Waals surface area contributed by atoms with E-state index in [-0.39, 0.29) is 0 Å². The lowest BCUT2D eigenvalue weighted by molar-refractivity contribution is 1.09. The van der Waals surface area contributed by atoms with E-state index in [2.05, 4.69) is 4.98 Å². The summed E-state index contributed by atoms with van der Waals surface area (Å²) in [6.07, 6.45) is 1.89. The van der Waals surface area contributed by atoms with Crippen molar-refractivity contribution in [3.05, 3.63) is 35.2 Å². The van der Waals surface area contributed by atoms with Gasteiger partial charge >= 0.3 is 0 Å². The molecule has 0 atom stereocenters. The first-order chi connectivity index (χ1) is 5.27. The molecule has 2 heterocycles. The lowest BCUT2D eigenvalue weighted by atomic mass is 10.4. The number of nitrogens with zero attached hydrogens (tertiary/aromatic N) is 2. The van der Waals surface area contributed by atoms with Gasteiger partial charge in [0.25, 0.3) is 0 Å². The third kappa shape index (κ3) is 0.994. The molecule has 0 N–H and O–H groups in total. The molecule has 0 aliphatic rings. The van der Waals surface area contributed by atoms with Crippen LogP contribution in [0.3, 0.4) is 0 Å². The second kappa shape index (κ2) is 2.24. The molecule has 0 fully saturated rings. The molecular formula is C8H7ClN2. The number of rotatable bonds is 0. The predicted molar refractivity (Wildman–Crippen MR) is 44.9 cm³/mol. The molecule has 2 rings (SSSR count). The van der Waals surface area contributed by atoms with Gasteiger partial charge in [-0.15, -0.1) is 0 Å². The SMILES string of the molecule is Cc1cc(Cl)n2cccc2n1. The van der Waals surface area contributed by atoms with Crippen LogP contribution in [0.2, 0.25) is 5.15 Å². The number of halogens is 1. The summed E-state index contributed by atoms with van der Waals surface area (Å²) < 4.78 is 1.84. The highest BCUT2D eigenvalue weighted by atomic mass is 35.5. The van der Waals surface area contributed by atoms with Gasteiger partial charge in [0.05, 0.1) is 0 Å². The van der Waals surface area contributed by atoms with E-state index in [1.54, 1.807) is 0 Å². The Morgan fingerprint density at radius 1 is 1.55 bits per heavy atom. The highest BCUT2D eigenvalue weighted by molar-refractivity contribution is 6.29. The van der Waals surface area contributed by atoms with E-state index in [0.29, 0.717) is 5.15 Å². The Kier molecular flexibility index (Phi) is 1.36. The summed E-state index contributed by atoms with van der Waals surface area (Å²) in [4.78, 5) is 4.28. The van der Waals surface area contributed by atoms with Crippen LogP contribution in [-0.4, -0.2) is 9.38 Å². The molecule has 0 unspecified atom stereocenters. The van der Waals surface area contributed by atoms with Crippen molar-refractivity contribution in [3.8, 4) is 0 Å². The largest absolute Gasteiger partial charge is 0.292 e. The zero-order valence-electron chi connectivity index (χ0n) is 6.08. The molecule has 11 heavy (non-hydrogen) atoms. The maximum atomic E-state index is 5.93. The Balaban J connectivity index is 2.91. The molecule has 0 saturated carbocycles. The zero-order valence-corrected chi connectivity index (χ0v) is 6.84. The molecule has 2 nitrogen and oxygen atoms in total. The van der Waals surface area contributed by atoms with E-state index in [1.165, 1.54) is 0 Å². The fraction of sp³-hybridized carbons (Fsp3) is 0.125. The van der Waals surface area contributed by atoms with Crippen LogP contribution in [0.5, 0.6) is 0 Å². The van der Waals surface area contributed by atoms with Crippen molar-refractivity contribution in [2.45, 2.75) is 6.92 Å². The molecule has 56 valence electrons. The van der Waals surface area contributed by atoms with E-state index in [9.17, 15) is 0 Å². The fourth-order valence-corrected chi connectivity index (χ4v) is 1.40. The van der Waals surface area contributed by atoms with E-state index in [0.717, 1.165) is 11.3 Å². The minimum atomic E-state index is 0.706. The topological polar surface area (TPSA) is 17.3 Å². The van der Waals surface area contributed by atoms with E-state index >= 15 is 0 Å². The molecule has 2 aromatic rings. The Morgan fingerprint density at radius 3 is 3.18 bits per heavy atom. The Labute approximate surface area is 69.4 Å². The third-order valence-corrected chi connectivity index (χ3v) is 1.87. The number of fused-ring (bicyclic) bond motifs is 1. The van der Waals surface area contributed by atoms with Crippen molar-refractivity contribution in [1.82, 2.24) is 9.38 Å². The molecule has 0 bridgehead atoms. The summed E-state index contributed by atoms with van der Waals surface area (Å²) in [5.41, 5.74) is 1.84. The molecule has 0 radical (unpaired) electrons. The number of hydrogen-bond acceptors (Lipinski definition) is 1. The molecule has 0 spiro atoms. The summed E-state index contributed by atoms with van der Waals surface area (Å²) in [7, 11) is 0. The van der Waals surface area contributed by atoms with Gasteiger partial charge in [-0.3, -0.25) is 4.40 Å². The maximum Gasteiger partial charge on any atom is 0.138 e. The lowest BCUT2D eigenvalue weighted by Crippen LogP contribution is -1.89. The maximum absolute atomic E-state index is 5.93. The van der Waals surface area contributed by atoms with E-state index in [4.69, 9.17) is 11.6 Å². The van der Waals surface area contributed by atoms with Crippen LogP contribution < -0.4 is 0 Å². The monoisotopic (exact) mass is 166 g/mol. The third-order valence-electron chi connectivity index (χ3n) is 1.58. The van der Waals surface area contributed by atoms with Gasteiger partial charge in [0.1, 0.15) is 10.8 Å². The molecular weight excluding hydrogens is 160 g/mol. The first kappa shape index (κ1) is 6.68. The van der Waals surface area contributed by atoms with Crippen molar-refractivity contribution < 1.29 is 0 Å². The minimum absolute atomic E-state index is 0.706. The van der Waals surface area contributed by atoms with Gasteiger partial charge in [-0.25, -0.2) is 4.98 Å². The molecule has 3 heteroatoms. The highest BCUT2D eigenvalue weighted by Crippen LogP contribution is 2.12. The number of aryl methyl sites for hydroxylation is 1. The zero-order chi connectivity index (χ0) is 7.84. The summed E-state index contributed by atoms with van der Waals surface area (Å²) in [6, 6.07) is 5.70. The second-order valence-corrected chi connectivity index (χ2v) is 2.84. The summed E-state index contributed by atoms with van der Waals surface area (Å²) in [5, 5.41) is 0.706. The molecule has 2 aromatic heterocycles. The number of hydrogen-bond donors (Lipinski definition) is 0. The average molecular weight is 167 g/mol. The van der Waals surface area contributed by atoms with Crippen LogP contribution in [0, 0.1) is 6.92 Å². The predicted octanol–water partition coefficient (Wildman–Crippen LogP) is 2.30. The van der Waals surface area contributed by atoms with Gasteiger partial charge in [0.15, 0.2) is 0 Å². The summed E-state index contributed by atoms with van der Waals surface area (Å²) >= 11 is 5.93. The summed E-state index contributed by atoms with van der Waals surface area (Å²) in [6.45, 7) is 1.93. The van der Waals surface area contributed by atoms with Crippen molar-refractivity contribution in [3.63, 3.8) is 0 Å². The molecule has 0 aliphatic carbocycles. The van der Waals surface area contributed by atoms with Crippen LogP contribution in [0.25, 0.3) is 5.65 Å². The van der Waals surface area contributed by atoms with Crippen LogP contribution in [0.15, 0.2) is 24.4 Å². The molecule has 0 amide bonds. The standard InChI is InChI=1S/C8H7ClN2/c1-6-5-7(9)11-4-2-3-8(11)10-6/h2-5H,1H3. The van der Waals surface area contributed by atoms with Gasteiger partial charge in [-0.1, -0.05) is 11.6 Å². The first-order valence-electron chi connectivity index (χ1n) is 3.37. The van der Waals surface area contributed by atoms with E-state index in [1.807, 2.05) is 35.7 Å². The molecule has 0 saturated heterocycles. The molecule has 0 aromatic carbocycles. The van der Waals surface area contributed by atoms with Gasteiger partial charge in [-0.2, -0.15) is 0 Å². The highest BCUT2D eigenvalue weighted by Gasteiger charge is 1.98. The second-order valence-electron chi connectivity index (χ2n) is 2.46. The van der Waals surface area contributed by atoms with Crippen LogP contribution in [0.4, 0.5) is 0 Å². The van der Waals surface area contributed by atoms with Crippen molar-refractivity contribution in [2.24, 2.45) is 0 Å². The van der Waals surface area contributed by atoms with Gasteiger partial charge in [-0.05, 0) is 25.1 Å². The lowest BCUT2D eigenvalue weighted by Gasteiger charge is -1.98. The van der Waals surface area contributed by atoms with Gasteiger partial charge < -0.3 is 0 Å². The van der Waals surface area contributed by atoms with Crippen molar-refractivity contribution >= 4 is 17.2 Å². The quantitative estimate of drug-likeness (QED) is 0.549. The smallest absolute Gasteiger partial charge is 0.138 e. The van der Waals surface area contributed by atoms with Crippen LogP contribution >= 0.6 is 11.6 Å². The van der Waals surface area contributed by atoms with Crippen LogP contribution in [0.1, 0.15) is 5.69 Å². The fourth-order valence-electron chi connectivity index (χ4n) is 1.10. The van der Waals surface area contributed by atoms with Gasteiger partial charge in [0, 0.05) is 11.9 Å². The van der Waals surface area contributed by atoms with Gasteiger partial charge in [0.2, 0.25) is 0 Å². The Hall–Kier alpha value is -1.02. The Bertz CT molecular complexity index is 392. The van der Waals surface area contributed by atoms with Crippen LogP contribution in [-0.2, 0) is 0 Å². The van der Waals surface area contributed by atoms with Crippen molar-refractivity contribution in [2.75, 3.05) is 0 Å².